The molecule has 0 aliphatic carbocycles. The first-order chi connectivity index (χ1) is 14.6. The SMILES string of the molecule is Cc1c(C/C(N)=N/N(C)C)nnc(N2CCN(c3ccc(C(F)(F)F)cn3)CC2)c1C. The van der Waals surface area contributed by atoms with Crippen LogP contribution in [0.4, 0.5) is 24.8 Å². The van der Waals surface area contributed by atoms with Crippen molar-refractivity contribution in [2.24, 2.45) is 10.8 Å². The zero-order valence-electron chi connectivity index (χ0n) is 18.1. The predicted octanol–water partition coefficient (Wildman–Crippen LogP) is 2.21. The molecule has 3 heterocycles. The summed E-state index contributed by atoms with van der Waals surface area (Å²) in [4.78, 5) is 8.10. The van der Waals surface area contributed by atoms with Crippen molar-refractivity contribution in [3.8, 4) is 0 Å². The number of aromatic nitrogens is 3. The minimum atomic E-state index is -4.38. The van der Waals surface area contributed by atoms with Crippen LogP contribution in [-0.2, 0) is 12.6 Å². The molecule has 0 aromatic carbocycles. The molecule has 8 nitrogen and oxygen atoms in total. The summed E-state index contributed by atoms with van der Waals surface area (Å²) in [5.74, 6) is 1.81. The Hall–Kier alpha value is -3.11. The van der Waals surface area contributed by atoms with E-state index in [2.05, 4.69) is 25.2 Å². The van der Waals surface area contributed by atoms with Crippen molar-refractivity contribution in [3.63, 3.8) is 0 Å². The standard InChI is InChI=1S/C20H27F3N8/c1-13-14(2)19(27-26-16(13)11-17(24)28-29(3)4)31-9-7-30(8-10-31)18-6-5-15(12-25-18)20(21,22)23/h5-6,12H,7-11H2,1-4H3,(H2,24,28). The lowest BCUT2D eigenvalue weighted by Crippen LogP contribution is -2.47. The molecular weight excluding hydrogens is 409 g/mol. The van der Waals surface area contributed by atoms with E-state index in [0.29, 0.717) is 44.3 Å². The second-order valence-corrected chi connectivity index (χ2v) is 7.71. The van der Waals surface area contributed by atoms with Gasteiger partial charge in [0.05, 0.1) is 17.7 Å². The molecule has 0 atom stereocenters. The first-order valence-electron chi connectivity index (χ1n) is 9.92. The summed E-state index contributed by atoms with van der Waals surface area (Å²) in [6, 6.07) is 2.49. The number of pyridine rings is 1. The molecule has 0 saturated carbocycles. The summed E-state index contributed by atoms with van der Waals surface area (Å²) in [7, 11) is 3.61. The van der Waals surface area contributed by atoms with Gasteiger partial charge in [0.25, 0.3) is 0 Å². The largest absolute Gasteiger partial charge is 0.417 e. The Morgan fingerprint density at radius 1 is 1.06 bits per heavy atom. The van der Waals surface area contributed by atoms with E-state index in [0.717, 1.165) is 34.9 Å². The van der Waals surface area contributed by atoms with Crippen LogP contribution in [0.1, 0.15) is 22.4 Å². The summed E-state index contributed by atoms with van der Waals surface area (Å²) in [6.45, 7) is 6.59. The number of hydrazone groups is 1. The highest BCUT2D eigenvalue weighted by Gasteiger charge is 2.31. The Morgan fingerprint density at radius 2 is 1.71 bits per heavy atom. The van der Waals surface area contributed by atoms with Crippen molar-refractivity contribution in [2.75, 3.05) is 50.1 Å². The maximum absolute atomic E-state index is 12.7. The van der Waals surface area contributed by atoms with Crippen molar-refractivity contribution in [1.82, 2.24) is 20.2 Å². The monoisotopic (exact) mass is 436 g/mol. The number of piperazine rings is 1. The molecule has 1 fully saturated rings. The molecule has 1 aliphatic rings. The van der Waals surface area contributed by atoms with Crippen LogP contribution in [0.15, 0.2) is 23.4 Å². The van der Waals surface area contributed by atoms with Crippen molar-refractivity contribution in [3.05, 3.63) is 40.7 Å². The van der Waals surface area contributed by atoms with E-state index in [1.165, 1.54) is 6.07 Å². The van der Waals surface area contributed by atoms with Crippen molar-refractivity contribution in [1.29, 1.82) is 0 Å². The highest BCUT2D eigenvalue weighted by atomic mass is 19.4. The normalized spacial score (nSPS) is 15.4. The highest BCUT2D eigenvalue weighted by molar-refractivity contribution is 5.82. The summed E-state index contributed by atoms with van der Waals surface area (Å²) < 4.78 is 38.2. The highest BCUT2D eigenvalue weighted by Crippen LogP contribution is 2.30. The molecule has 1 saturated heterocycles. The minimum Gasteiger partial charge on any atom is -0.385 e. The van der Waals surface area contributed by atoms with Gasteiger partial charge in [-0.25, -0.2) is 4.98 Å². The fourth-order valence-electron chi connectivity index (χ4n) is 3.46. The van der Waals surface area contributed by atoms with Gasteiger partial charge in [-0.05, 0) is 37.1 Å². The third-order valence-corrected chi connectivity index (χ3v) is 5.25. The molecule has 31 heavy (non-hydrogen) atoms. The van der Waals surface area contributed by atoms with Crippen LogP contribution in [0, 0.1) is 13.8 Å². The molecular formula is C20H27F3N8. The maximum atomic E-state index is 12.7. The van der Waals surface area contributed by atoms with Crippen LogP contribution < -0.4 is 15.5 Å². The third-order valence-electron chi connectivity index (χ3n) is 5.25. The second kappa shape index (κ2) is 8.94. The Labute approximate surface area is 179 Å². The van der Waals surface area contributed by atoms with Gasteiger partial charge in [0.2, 0.25) is 0 Å². The van der Waals surface area contributed by atoms with Crippen LogP contribution in [0.25, 0.3) is 0 Å². The maximum Gasteiger partial charge on any atom is 0.417 e. The molecule has 0 amide bonds. The molecule has 168 valence electrons. The first kappa shape index (κ1) is 22.6. The van der Waals surface area contributed by atoms with Gasteiger partial charge in [0.1, 0.15) is 11.7 Å². The van der Waals surface area contributed by atoms with Gasteiger partial charge in [-0.15, -0.1) is 5.10 Å². The van der Waals surface area contributed by atoms with Gasteiger partial charge in [0, 0.05) is 46.5 Å². The summed E-state index contributed by atoms with van der Waals surface area (Å²) >= 11 is 0. The van der Waals surface area contributed by atoms with E-state index in [1.54, 1.807) is 19.1 Å². The van der Waals surface area contributed by atoms with Gasteiger partial charge >= 0.3 is 6.18 Å². The summed E-state index contributed by atoms with van der Waals surface area (Å²) in [5, 5.41) is 14.6. The van der Waals surface area contributed by atoms with Crippen LogP contribution in [0.2, 0.25) is 0 Å². The number of nitrogens with two attached hydrogens (primary N) is 1. The molecule has 2 aromatic rings. The van der Waals surface area contributed by atoms with E-state index in [1.807, 2.05) is 18.7 Å². The number of amidine groups is 1. The molecule has 2 N–H and O–H groups in total. The lowest BCUT2D eigenvalue weighted by Gasteiger charge is -2.36. The number of rotatable bonds is 5. The number of halogens is 3. The minimum absolute atomic E-state index is 0.422. The fraction of sp³-hybridized carbons (Fsp3) is 0.500. The first-order valence-corrected chi connectivity index (χ1v) is 9.92. The lowest BCUT2D eigenvalue weighted by atomic mass is 10.1. The van der Waals surface area contributed by atoms with Crippen LogP contribution >= 0.6 is 0 Å². The molecule has 0 unspecified atom stereocenters. The zero-order chi connectivity index (χ0) is 22.8. The summed E-state index contributed by atoms with van der Waals surface area (Å²) in [5.41, 5.74) is 8.07. The number of anilines is 2. The second-order valence-electron chi connectivity index (χ2n) is 7.71. The smallest absolute Gasteiger partial charge is 0.385 e. The van der Waals surface area contributed by atoms with E-state index in [-0.39, 0.29) is 0 Å². The quantitative estimate of drug-likeness (QED) is 0.437. The van der Waals surface area contributed by atoms with E-state index >= 15 is 0 Å². The molecule has 1 aliphatic heterocycles. The molecule has 0 bridgehead atoms. The molecule has 2 aromatic heterocycles. The lowest BCUT2D eigenvalue weighted by molar-refractivity contribution is -0.137. The van der Waals surface area contributed by atoms with E-state index < -0.39 is 11.7 Å². The van der Waals surface area contributed by atoms with Crippen LogP contribution in [0.3, 0.4) is 0 Å². The van der Waals surface area contributed by atoms with E-state index in [4.69, 9.17) is 5.73 Å². The van der Waals surface area contributed by atoms with Crippen LogP contribution in [0.5, 0.6) is 0 Å². The molecule has 0 spiro atoms. The van der Waals surface area contributed by atoms with Crippen molar-refractivity contribution in [2.45, 2.75) is 26.4 Å². The Bertz CT molecular complexity index is 933. The Kier molecular flexibility index (Phi) is 6.51. The number of hydrogen-bond acceptors (Lipinski definition) is 7. The number of alkyl halides is 3. The van der Waals surface area contributed by atoms with Crippen molar-refractivity contribution < 1.29 is 13.2 Å². The zero-order valence-corrected chi connectivity index (χ0v) is 18.1. The Morgan fingerprint density at radius 3 is 2.26 bits per heavy atom. The molecule has 0 radical (unpaired) electrons. The van der Waals surface area contributed by atoms with Gasteiger partial charge in [-0.1, -0.05) is 0 Å². The molecule has 11 heteroatoms. The van der Waals surface area contributed by atoms with Crippen LogP contribution in [-0.4, -0.2) is 66.3 Å². The van der Waals surface area contributed by atoms with Gasteiger partial charge < -0.3 is 20.5 Å². The van der Waals surface area contributed by atoms with Gasteiger partial charge in [-0.3, -0.25) is 0 Å². The predicted molar refractivity (Wildman–Crippen MR) is 114 cm³/mol. The number of nitrogens with zero attached hydrogens (tertiary/aromatic N) is 7. The van der Waals surface area contributed by atoms with E-state index in [9.17, 15) is 13.2 Å². The topological polar surface area (TPSA) is 86.8 Å². The third kappa shape index (κ3) is 5.33. The Balaban J connectivity index is 1.67. The van der Waals surface area contributed by atoms with Crippen molar-refractivity contribution >= 4 is 17.5 Å². The average molecular weight is 436 g/mol. The fourth-order valence-corrected chi connectivity index (χ4v) is 3.46. The van der Waals surface area contributed by atoms with Gasteiger partial charge in [-0.2, -0.15) is 23.4 Å². The van der Waals surface area contributed by atoms with Gasteiger partial charge in [0.15, 0.2) is 5.82 Å². The summed E-state index contributed by atoms with van der Waals surface area (Å²) in [6.07, 6.45) is -3.08. The number of hydrogen-bond donors (Lipinski definition) is 1. The molecule has 3 rings (SSSR count). The average Bonchev–Trinajstić information content (AvgIpc) is 2.71.